The minimum atomic E-state index is -0.712. The summed E-state index contributed by atoms with van der Waals surface area (Å²) in [5.74, 6) is -1.11. The lowest BCUT2D eigenvalue weighted by molar-refractivity contribution is -0.149. The van der Waals surface area contributed by atoms with Crippen LogP contribution in [0.2, 0.25) is 0 Å². The van der Waals surface area contributed by atoms with Crippen molar-refractivity contribution < 1.29 is 23.9 Å². The highest BCUT2D eigenvalue weighted by Crippen LogP contribution is 2.34. The molecule has 26 heavy (non-hydrogen) atoms. The first-order chi connectivity index (χ1) is 12.5. The van der Waals surface area contributed by atoms with Crippen molar-refractivity contribution in [2.24, 2.45) is 0 Å². The molecule has 2 aromatic carbocycles. The number of hydrogen-bond donors (Lipinski definition) is 1. The zero-order chi connectivity index (χ0) is 18.7. The molecule has 0 saturated heterocycles. The fraction of sp³-hybridized carbons (Fsp3) is 0.0526. The smallest absolute Gasteiger partial charge is 0.347 e. The van der Waals surface area contributed by atoms with Crippen molar-refractivity contribution in [3.8, 4) is 5.75 Å². The Morgan fingerprint density at radius 1 is 0.962 bits per heavy atom. The van der Waals surface area contributed by atoms with Crippen LogP contribution in [0.5, 0.6) is 5.75 Å². The quantitative estimate of drug-likeness (QED) is 0.497. The van der Waals surface area contributed by atoms with Crippen LogP contribution in [0.3, 0.4) is 0 Å². The summed E-state index contributed by atoms with van der Waals surface area (Å²) >= 11 is 4.63. The molecule has 7 heteroatoms. The average Bonchev–Trinajstić information content (AvgIpc) is 2.90. The van der Waals surface area contributed by atoms with Gasteiger partial charge in [0, 0.05) is 12.6 Å². The van der Waals surface area contributed by atoms with Crippen LogP contribution in [0.4, 0.5) is 5.69 Å². The molecule has 3 rings (SSSR count). The van der Waals surface area contributed by atoms with E-state index in [2.05, 4.69) is 17.5 Å². The molecule has 2 aromatic rings. The number of cyclic esters (lactones) is 2. The van der Waals surface area contributed by atoms with Gasteiger partial charge in [0.2, 0.25) is 5.91 Å². The number of carbonyl (C=O) groups is 3. The Kier molecular flexibility index (Phi) is 4.90. The molecular formula is C19H13NO5S. The van der Waals surface area contributed by atoms with Gasteiger partial charge in [0.25, 0.3) is 0 Å². The zero-order valence-corrected chi connectivity index (χ0v) is 14.5. The van der Waals surface area contributed by atoms with Crippen LogP contribution in [0, 0.1) is 0 Å². The number of nitrogens with one attached hydrogen (secondary N) is 1. The normalized spacial score (nSPS) is 13.4. The topological polar surface area (TPSA) is 81.7 Å². The van der Waals surface area contributed by atoms with Gasteiger partial charge in [0.15, 0.2) is 5.55 Å². The standard InChI is InChI=1S/C19H13NO5S/c1-11(21)20-14-6-2-12(3-7-14)16-17(19(23)25-18(16)22)13-4-8-15(9-5-13)24-10-26/h2-10H,1H3,(H,20,21). The van der Waals surface area contributed by atoms with Gasteiger partial charge in [0.1, 0.15) is 5.75 Å². The van der Waals surface area contributed by atoms with Gasteiger partial charge in [0.05, 0.1) is 11.1 Å². The third-order valence-corrected chi connectivity index (χ3v) is 3.76. The molecule has 0 radical (unpaired) electrons. The number of hydrogen-bond acceptors (Lipinski definition) is 6. The first-order valence-corrected chi connectivity index (χ1v) is 8.06. The van der Waals surface area contributed by atoms with Gasteiger partial charge in [-0.1, -0.05) is 24.3 Å². The summed E-state index contributed by atoms with van der Waals surface area (Å²) in [6.45, 7) is 1.40. The van der Waals surface area contributed by atoms with Crippen LogP contribution in [0.15, 0.2) is 48.5 Å². The lowest BCUT2D eigenvalue weighted by Crippen LogP contribution is -2.05. The lowest BCUT2D eigenvalue weighted by Gasteiger charge is -2.06. The largest absolute Gasteiger partial charge is 0.454 e. The molecule has 1 N–H and O–H groups in total. The number of ether oxygens (including phenoxy) is 2. The fourth-order valence-corrected chi connectivity index (χ4v) is 2.71. The molecule has 0 fully saturated rings. The summed E-state index contributed by atoms with van der Waals surface area (Å²) in [4.78, 5) is 35.5. The monoisotopic (exact) mass is 367 g/mol. The summed E-state index contributed by atoms with van der Waals surface area (Å²) in [5.41, 5.74) is 3.11. The van der Waals surface area contributed by atoms with E-state index in [4.69, 9.17) is 9.47 Å². The van der Waals surface area contributed by atoms with Gasteiger partial charge >= 0.3 is 11.9 Å². The second-order valence-corrected chi connectivity index (χ2v) is 5.62. The van der Waals surface area contributed by atoms with E-state index in [1.807, 2.05) is 0 Å². The zero-order valence-electron chi connectivity index (χ0n) is 13.6. The number of benzene rings is 2. The van der Waals surface area contributed by atoms with E-state index in [9.17, 15) is 14.4 Å². The minimum Gasteiger partial charge on any atom is -0.454 e. The van der Waals surface area contributed by atoms with Crippen molar-refractivity contribution in [3.05, 3.63) is 59.7 Å². The maximum atomic E-state index is 12.2. The Balaban J connectivity index is 2.02. The van der Waals surface area contributed by atoms with Crippen LogP contribution >= 0.6 is 12.2 Å². The highest BCUT2D eigenvalue weighted by molar-refractivity contribution is 7.78. The first-order valence-electron chi connectivity index (χ1n) is 7.59. The van der Waals surface area contributed by atoms with Crippen molar-refractivity contribution in [1.29, 1.82) is 0 Å². The van der Waals surface area contributed by atoms with Gasteiger partial charge in [-0.2, -0.15) is 0 Å². The molecule has 0 aliphatic carbocycles. The molecular weight excluding hydrogens is 354 g/mol. The third-order valence-electron chi connectivity index (χ3n) is 3.66. The molecule has 0 bridgehead atoms. The Morgan fingerprint density at radius 2 is 1.46 bits per heavy atom. The second-order valence-electron chi connectivity index (χ2n) is 5.42. The maximum absolute atomic E-state index is 12.2. The predicted molar refractivity (Wildman–Crippen MR) is 99.4 cm³/mol. The van der Waals surface area contributed by atoms with Crippen LogP contribution in [0.1, 0.15) is 18.1 Å². The third kappa shape index (κ3) is 3.52. The number of thiocarbonyl (C=S) groups is 1. The van der Waals surface area contributed by atoms with Crippen molar-refractivity contribution in [1.82, 2.24) is 0 Å². The van der Waals surface area contributed by atoms with E-state index in [1.54, 1.807) is 48.5 Å². The van der Waals surface area contributed by atoms with Gasteiger partial charge in [-0.25, -0.2) is 9.59 Å². The fourth-order valence-electron chi connectivity index (χ4n) is 2.59. The van der Waals surface area contributed by atoms with Crippen molar-refractivity contribution in [2.45, 2.75) is 6.92 Å². The molecule has 0 atom stereocenters. The van der Waals surface area contributed by atoms with Gasteiger partial charge < -0.3 is 14.8 Å². The summed E-state index contributed by atoms with van der Waals surface area (Å²) in [5, 5.41) is 2.64. The molecule has 1 aliphatic heterocycles. The van der Waals surface area contributed by atoms with E-state index in [1.165, 1.54) is 6.92 Å². The van der Waals surface area contributed by atoms with E-state index in [0.29, 0.717) is 22.6 Å². The molecule has 0 aromatic heterocycles. The number of anilines is 1. The maximum Gasteiger partial charge on any atom is 0.347 e. The Hall–Kier alpha value is -3.32. The molecule has 0 spiro atoms. The van der Waals surface area contributed by atoms with E-state index in [0.717, 1.165) is 5.55 Å². The van der Waals surface area contributed by atoms with Crippen LogP contribution < -0.4 is 10.1 Å². The molecule has 1 aliphatic rings. The first kappa shape index (κ1) is 17.5. The molecule has 6 nitrogen and oxygen atoms in total. The van der Waals surface area contributed by atoms with Gasteiger partial charge in [-0.3, -0.25) is 4.79 Å². The number of carbonyl (C=O) groups excluding carboxylic acids is 3. The molecule has 1 amide bonds. The van der Waals surface area contributed by atoms with Crippen LogP contribution in [-0.4, -0.2) is 23.4 Å². The number of rotatable bonds is 5. The highest BCUT2D eigenvalue weighted by atomic mass is 32.1. The lowest BCUT2D eigenvalue weighted by atomic mass is 9.96. The Bertz CT molecular complexity index is 929. The molecule has 130 valence electrons. The summed E-state index contributed by atoms with van der Waals surface area (Å²) in [6, 6.07) is 13.2. The van der Waals surface area contributed by atoms with Gasteiger partial charge in [-0.05, 0) is 47.6 Å². The van der Waals surface area contributed by atoms with Crippen LogP contribution in [0.25, 0.3) is 11.1 Å². The second kappa shape index (κ2) is 7.28. The van der Waals surface area contributed by atoms with E-state index < -0.39 is 11.9 Å². The Morgan fingerprint density at radius 3 is 1.92 bits per heavy atom. The molecule has 1 heterocycles. The average molecular weight is 367 g/mol. The molecule has 0 saturated carbocycles. The van der Waals surface area contributed by atoms with Crippen molar-refractivity contribution >= 4 is 52.5 Å². The summed E-state index contributed by atoms with van der Waals surface area (Å²) < 4.78 is 9.88. The Labute approximate surface area is 154 Å². The van der Waals surface area contributed by atoms with Crippen molar-refractivity contribution in [3.63, 3.8) is 0 Å². The van der Waals surface area contributed by atoms with E-state index >= 15 is 0 Å². The SMILES string of the molecule is CC(=O)Nc1ccc(C2=C(c3ccc(OC=S)cc3)C(=O)OC2=O)cc1. The summed E-state index contributed by atoms with van der Waals surface area (Å²) in [7, 11) is 0. The van der Waals surface area contributed by atoms with Crippen molar-refractivity contribution in [2.75, 3.05) is 5.32 Å². The number of esters is 2. The van der Waals surface area contributed by atoms with Crippen LogP contribution in [-0.2, 0) is 19.1 Å². The minimum absolute atomic E-state index is 0.174. The molecule has 0 unspecified atom stereocenters. The summed E-state index contributed by atoms with van der Waals surface area (Å²) in [6.07, 6.45) is 0. The highest BCUT2D eigenvalue weighted by Gasteiger charge is 2.34. The predicted octanol–water partition coefficient (Wildman–Crippen LogP) is 2.98. The number of amides is 1. The van der Waals surface area contributed by atoms with Gasteiger partial charge in [-0.15, -0.1) is 0 Å². The van der Waals surface area contributed by atoms with E-state index in [-0.39, 0.29) is 17.1 Å².